The van der Waals surface area contributed by atoms with Crippen LogP contribution in [0.1, 0.15) is 52.7 Å². The Morgan fingerprint density at radius 3 is 2.36 bits per heavy atom. The minimum absolute atomic E-state index is 0.136. The number of nitrogens with zero attached hydrogens (tertiary/aromatic N) is 1. The summed E-state index contributed by atoms with van der Waals surface area (Å²) in [6, 6.07) is 15.7. The highest BCUT2D eigenvalue weighted by Gasteiger charge is 2.22. The first kappa shape index (κ1) is 20.1. The summed E-state index contributed by atoms with van der Waals surface area (Å²) in [6.45, 7) is 3.74. The van der Waals surface area contributed by atoms with Gasteiger partial charge in [0.2, 0.25) is 5.91 Å². The molecular weight excluding hydrogens is 350 g/mol. The van der Waals surface area contributed by atoms with Crippen LogP contribution in [0.15, 0.2) is 48.5 Å². The van der Waals surface area contributed by atoms with E-state index in [9.17, 15) is 14.7 Å². The molecule has 0 aliphatic carbocycles. The van der Waals surface area contributed by atoms with Crippen LogP contribution < -0.4 is 0 Å². The summed E-state index contributed by atoms with van der Waals surface area (Å²) < 4.78 is 0. The predicted octanol–water partition coefficient (Wildman–Crippen LogP) is 4.50. The van der Waals surface area contributed by atoms with E-state index in [0.29, 0.717) is 24.3 Å². The van der Waals surface area contributed by atoms with Gasteiger partial charge in [-0.15, -0.1) is 0 Å². The Morgan fingerprint density at radius 2 is 1.68 bits per heavy atom. The molecule has 1 amide bonds. The molecule has 0 radical (unpaired) electrons. The van der Waals surface area contributed by atoms with Crippen molar-refractivity contribution >= 4 is 11.9 Å². The molecule has 2 aromatic carbocycles. The smallest absolute Gasteiger partial charge is 0.335 e. The summed E-state index contributed by atoms with van der Waals surface area (Å²) in [5.41, 5.74) is 3.71. The molecule has 0 bridgehead atoms. The molecule has 0 saturated carbocycles. The second-order valence-electron chi connectivity index (χ2n) is 7.81. The van der Waals surface area contributed by atoms with Crippen molar-refractivity contribution in [3.05, 3.63) is 70.8 Å². The van der Waals surface area contributed by atoms with Gasteiger partial charge in [-0.1, -0.05) is 48.0 Å². The summed E-state index contributed by atoms with van der Waals surface area (Å²) in [6.07, 6.45) is 5.25. The van der Waals surface area contributed by atoms with Gasteiger partial charge in [0.25, 0.3) is 0 Å². The van der Waals surface area contributed by atoms with Crippen LogP contribution in [0.2, 0.25) is 0 Å². The van der Waals surface area contributed by atoms with Gasteiger partial charge in [0, 0.05) is 19.5 Å². The monoisotopic (exact) mass is 379 g/mol. The van der Waals surface area contributed by atoms with E-state index in [-0.39, 0.29) is 5.91 Å². The molecule has 1 saturated heterocycles. The molecule has 1 aliphatic rings. The van der Waals surface area contributed by atoms with Gasteiger partial charge in [0.05, 0.1) is 5.56 Å². The van der Waals surface area contributed by atoms with Gasteiger partial charge in [0.15, 0.2) is 0 Å². The zero-order valence-corrected chi connectivity index (χ0v) is 16.6. The summed E-state index contributed by atoms with van der Waals surface area (Å²) >= 11 is 0. The molecule has 1 heterocycles. The van der Waals surface area contributed by atoms with Crippen molar-refractivity contribution in [1.82, 2.24) is 4.90 Å². The van der Waals surface area contributed by atoms with Crippen molar-refractivity contribution in [2.45, 2.75) is 45.4 Å². The number of aromatic carboxylic acids is 1. The van der Waals surface area contributed by atoms with Gasteiger partial charge in [-0.25, -0.2) is 4.79 Å². The van der Waals surface area contributed by atoms with E-state index in [1.54, 1.807) is 18.2 Å². The molecule has 1 N–H and O–H groups in total. The zero-order chi connectivity index (χ0) is 19.9. The first-order valence-electron chi connectivity index (χ1n) is 10.2. The van der Waals surface area contributed by atoms with Crippen LogP contribution in [0.4, 0.5) is 0 Å². The van der Waals surface area contributed by atoms with E-state index in [0.717, 1.165) is 37.9 Å². The molecule has 4 nitrogen and oxygen atoms in total. The van der Waals surface area contributed by atoms with E-state index in [4.69, 9.17) is 0 Å². The molecule has 2 aromatic rings. The highest BCUT2D eigenvalue weighted by molar-refractivity contribution is 5.89. The largest absolute Gasteiger partial charge is 0.478 e. The van der Waals surface area contributed by atoms with E-state index in [2.05, 4.69) is 31.2 Å². The topological polar surface area (TPSA) is 57.6 Å². The van der Waals surface area contributed by atoms with Crippen LogP contribution in [0.25, 0.3) is 0 Å². The average Bonchev–Trinajstić information content (AvgIpc) is 2.72. The summed E-state index contributed by atoms with van der Waals surface area (Å²) in [5.74, 6) is -0.118. The lowest BCUT2D eigenvalue weighted by Crippen LogP contribution is -2.38. The van der Waals surface area contributed by atoms with Crippen molar-refractivity contribution in [2.24, 2.45) is 5.92 Å². The standard InChI is InChI=1S/C24H29NO3/c1-18-6-8-19(9-7-18)10-11-20-14-16-25(17-15-20)23(26)13-12-21-4-2-3-5-22(21)24(27)28/h2-9,20H,10-17H2,1H3,(H,27,28). The highest BCUT2D eigenvalue weighted by Crippen LogP contribution is 2.23. The number of carbonyl (C=O) groups excluding carboxylic acids is 1. The molecule has 0 unspecified atom stereocenters. The maximum Gasteiger partial charge on any atom is 0.335 e. The molecule has 1 aliphatic heterocycles. The SMILES string of the molecule is Cc1ccc(CCC2CCN(C(=O)CCc3ccccc3C(=O)O)CC2)cc1. The number of carbonyl (C=O) groups is 2. The first-order valence-corrected chi connectivity index (χ1v) is 10.2. The molecule has 0 aromatic heterocycles. The molecule has 148 valence electrons. The number of carboxylic acid groups (broad SMARTS) is 1. The predicted molar refractivity (Wildman–Crippen MR) is 111 cm³/mol. The van der Waals surface area contributed by atoms with Gasteiger partial charge in [-0.2, -0.15) is 0 Å². The van der Waals surface area contributed by atoms with Gasteiger partial charge in [-0.05, 0) is 62.1 Å². The van der Waals surface area contributed by atoms with Crippen molar-refractivity contribution in [3.8, 4) is 0 Å². The van der Waals surface area contributed by atoms with Crippen LogP contribution in [-0.4, -0.2) is 35.0 Å². The number of hydrogen-bond donors (Lipinski definition) is 1. The molecule has 28 heavy (non-hydrogen) atoms. The van der Waals surface area contributed by atoms with Crippen LogP contribution in [0.3, 0.4) is 0 Å². The van der Waals surface area contributed by atoms with Crippen molar-refractivity contribution in [2.75, 3.05) is 13.1 Å². The van der Waals surface area contributed by atoms with Crippen LogP contribution in [-0.2, 0) is 17.6 Å². The summed E-state index contributed by atoms with van der Waals surface area (Å²) in [4.78, 5) is 25.8. The maximum absolute atomic E-state index is 12.5. The van der Waals surface area contributed by atoms with Gasteiger partial charge >= 0.3 is 5.97 Å². The molecule has 1 fully saturated rings. The second-order valence-corrected chi connectivity index (χ2v) is 7.81. The lowest BCUT2D eigenvalue weighted by atomic mass is 9.90. The molecule has 0 spiro atoms. The number of hydrogen-bond acceptors (Lipinski definition) is 2. The van der Waals surface area contributed by atoms with Gasteiger partial charge in [0.1, 0.15) is 0 Å². The average molecular weight is 380 g/mol. The Bertz CT molecular complexity index is 805. The van der Waals surface area contributed by atoms with Gasteiger partial charge in [-0.3, -0.25) is 4.79 Å². The second kappa shape index (κ2) is 9.54. The van der Waals surface area contributed by atoms with Crippen LogP contribution in [0.5, 0.6) is 0 Å². The minimum Gasteiger partial charge on any atom is -0.478 e. The third-order valence-corrected chi connectivity index (χ3v) is 5.79. The zero-order valence-electron chi connectivity index (χ0n) is 16.6. The Balaban J connectivity index is 1.42. The fourth-order valence-electron chi connectivity index (χ4n) is 3.94. The van der Waals surface area contributed by atoms with Crippen molar-refractivity contribution < 1.29 is 14.7 Å². The number of amides is 1. The fraction of sp³-hybridized carbons (Fsp3) is 0.417. The van der Waals surface area contributed by atoms with E-state index >= 15 is 0 Å². The van der Waals surface area contributed by atoms with Crippen molar-refractivity contribution in [3.63, 3.8) is 0 Å². The molecule has 4 heteroatoms. The number of likely N-dealkylation sites (tertiary alicyclic amines) is 1. The van der Waals surface area contributed by atoms with E-state index in [1.807, 2.05) is 11.0 Å². The van der Waals surface area contributed by atoms with Crippen LogP contribution in [0, 0.1) is 12.8 Å². The number of piperidine rings is 1. The Morgan fingerprint density at radius 1 is 1.00 bits per heavy atom. The molecule has 0 atom stereocenters. The molecular formula is C24H29NO3. The van der Waals surface area contributed by atoms with E-state index < -0.39 is 5.97 Å². The van der Waals surface area contributed by atoms with E-state index in [1.165, 1.54) is 17.5 Å². The lowest BCUT2D eigenvalue weighted by Gasteiger charge is -2.32. The van der Waals surface area contributed by atoms with Gasteiger partial charge < -0.3 is 10.0 Å². The number of aryl methyl sites for hydroxylation is 3. The minimum atomic E-state index is -0.933. The van der Waals surface area contributed by atoms with Crippen LogP contribution >= 0.6 is 0 Å². The highest BCUT2D eigenvalue weighted by atomic mass is 16.4. The third-order valence-electron chi connectivity index (χ3n) is 5.79. The Hall–Kier alpha value is -2.62. The summed E-state index contributed by atoms with van der Waals surface area (Å²) in [5, 5.41) is 9.26. The maximum atomic E-state index is 12.5. The first-order chi connectivity index (χ1) is 13.5. The lowest BCUT2D eigenvalue weighted by molar-refractivity contribution is -0.132. The van der Waals surface area contributed by atoms with Crippen molar-refractivity contribution in [1.29, 1.82) is 0 Å². The third kappa shape index (κ3) is 5.44. The fourth-order valence-corrected chi connectivity index (χ4v) is 3.94. The number of benzene rings is 2. The Kier molecular flexibility index (Phi) is 6.85. The quantitative estimate of drug-likeness (QED) is 0.771. The number of rotatable bonds is 7. The normalized spacial score (nSPS) is 14.8. The Labute approximate surface area is 167 Å². The molecule has 3 rings (SSSR count). The summed E-state index contributed by atoms with van der Waals surface area (Å²) in [7, 11) is 0. The number of carboxylic acids is 1.